The van der Waals surface area contributed by atoms with Crippen molar-refractivity contribution in [2.75, 3.05) is 4.90 Å². The van der Waals surface area contributed by atoms with Crippen molar-refractivity contribution in [3.05, 3.63) is 159 Å². The number of rotatable bonds is 6. The van der Waals surface area contributed by atoms with Gasteiger partial charge in [0.2, 0.25) is 0 Å². The van der Waals surface area contributed by atoms with E-state index in [1.165, 1.54) is 84.3 Å². The number of aryl methyl sites for hydroxylation is 3. The van der Waals surface area contributed by atoms with E-state index in [1.54, 1.807) is 22.3 Å². The molecular formula is C55H68N2. The van der Waals surface area contributed by atoms with E-state index in [2.05, 4.69) is 168 Å². The Morgan fingerprint density at radius 3 is 2.04 bits per heavy atom. The van der Waals surface area contributed by atoms with E-state index >= 15 is 0 Å². The van der Waals surface area contributed by atoms with Gasteiger partial charge < -0.3 is 9.80 Å². The van der Waals surface area contributed by atoms with Crippen LogP contribution in [0, 0.1) is 28.1 Å². The first-order chi connectivity index (χ1) is 27.2. The van der Waals surface area contributed by atoms with Gasteiger partial charge >= 0.3 is 0 Å². The smallest absolute Gasteiger partial charge is 0.0557 e. The Bertz CT molecular complexity index is 2160. The van der Waals surface area contributed by atoms with E-state index in [9.17, 15) is 0 Å². The number of benzene rings is 2. The zero-order chi connectivity index (χ0) is 39.7. The third-order valence-corrected chi connectivity index (χ3v) is 14.9. The molecule has 0 amide bonds. The monoisotopic (exact) mass is 757 g/mol. The molecule has 0 bridgehead atoms. The highest BCUT2D eigenvalue weighted by Crippen LogP contribution is 2.56. The van der Waals surface area contributed by atoms with Gasteiger partial charge in [-0.1, -0.05) is 134 Å². The van der Waals surface area contributed by atoms with Crippen molar-refractivity contribution in [2.45, 2.75) is 144 Å². The van der Waals surface area contributed by atoms with Crippen LogP contribution in [-0.2, 0) is 25.7 Å². The molecule has 2 nitrogen and oxygen atoms in total. The van der Waals surface area contributed by atoms with Crippen LogP contribution in [-0.4, -0.2) is 23.0 Å². The molecule has 5 unspecified atom stereocenters. The van der Waals surface area contributed by atoms with Gasteiger partial charge in [-0.3, -0.25) is 0 Å². The van der Waals surface area contributed by atoms with Crippen LogP contribution in [0.5, 0.6) is 0 Å². The van der Waals surface area contributed by atoms with Crippen LogP contribution < -0.4 is 4.90 Å². The van der Waals surface area contributed by atoms with Gasteiger partial charge in [0.1, 0.15) is 0 Å². The predicted octanol–water partition coefficient (Wildman–Crippen LogP) is 13.5. The standard InChI is InChI=1S/C55H68N2/c1-53(2,3)42-20-26-44(27-21-42)56(46-24-17-37-13-9-11-15-39(37)33-46)48-35-41-19-30-51(49-31-32-55(7,8)50(36-48)52(41)49)57(45-28-22-43(23-29-45)54(4,5)6)47-25-18-38-14-10-12-16-40(38)34-47/h9,11,13,15,18-23,25-26,28,30,34-36,44-46,49,52H,10,12,14,16-17,24,27,29,31-33H2,1-8H3. The maximum absolute atomic E-state index is 2.87. The fraction of sp³-hybridized carbons (Fsp3) is 0.491. The second kappa shape index (κ2) is 14.7. The van der Waals surface area contributed by atoms with E-state index in [4.69, 9.17) is 0 Å². The van der Waals surface area contributed by atoms with Crippen molar-refractivity contribution >= 4 is 5.69 Å². The topological polar surface area (TPSA) is 6.48 Å². The molecule has 0 aliphatic heterocycles. The largest absolute Gasteiger partial charge is 0.361 e. The molecule has 0 aromatic heterocycles. The first-order valence-corrected chi connectivity index (χ1v) is 22.6. The number of nitrogens with zero attached hydrogens (tertiary/aromatic N) is 2. The Kier molecular flexibility index (Phi) is 9.89. The van der Waals surface area contributed by atoms with E-state index in [0.29, 0.717) is 30.0 Å². The second-order valence-electron chi connectivity index (χ2n) is 21.2. The van der Waals surface area contributed by atoms with E-state index in [-0.39, 0.29) is 16.2 Å². The lowest BCUT2D eigenvalue weighted by Crippen LogP contribution is -2.47. The van der Waals surface area contributed by atoms with Crippen LogP contribution in [0.25, 0.3) is 0 Å². The lowest BCUT2D eigenvalue weighted by molar-refractivity contribution is 0.192. The Morgan fingerprint density at radius 2 is 1.35 bits per heavy atom. The van der Waals surface area contributed by atoms with Crippen molar-refractivity contribution in [1.82, 2.24) is 4.90 Å². The average Bonchev–Trinajstić information content (AvgIpc) is 3.19. The molecule has 1 fully saturated rings. The molecular weight excluding hydrogens is 689 g/mol. The van der Waals surface area contributed by atoms with Gasteiger partial charge in [-0.25, -0.2) is 0 Å². The summed E-state index contributed by atoms with van der Waals surface area (Å²) < 4.78 is 0. The molecule has 0 spiro atoms. The van der Waals surface area contributed by atoms with E-state index in [1.807, 2.05) is 0 Å². The van der Waals surface area contributed by atoms with Gasteiger partial charge in [0, 0.05) is 35.0 Å². The summed E-state index contributed by atoms with van der Waals surface area (Å²) in [5, 5.41) is 0. The molecule has 1 saturated carbocycles. The van der Waals surface area contributed by atoms with Gasteiger partial charge in [-0.2, -0.15) is 0 Å². The number of fused-ring (bicyclic) bond motifs is 2. The van der Waals surface area contributed by atoms with Gasteiger partial charge in [-0.15, -0.1) is 0 Å². The summed E-state index contributed by atoms with van der Waals surface area (Å²) >= 11 is 0. The minimum absolute atomic E-state index is 0.139. The number of hydrogen-bond acceptors (Lipinski definition) is 2. The van der Waals surface area contributed by atoms with Gasteiger partial charge in [-0.05, 0) is 156 Å². The first-order valence-electron chi connectivity index (χ1n) is 22.6. The zero-order valence-electron chi connectivity index (χ0n) is 36.4. The Hall–Kier alpha value is -4.04. The molecule has 5 atom stereocenters. The molecule has 0 N–H and O–H groups in total. The number of hydrogen-bond donors (Lipinski definition) is 0. The highest BCUT2D eigenvalue weighted by molar-refractivity contribution is 5.62. The molecule has 7 aliphatic rings. The van der Waals surface area contributed by atoms with Gasteiger partial charge in [0.25, 0.3) is 0 Å². The predicted molar refractivity (Wildman–Crippen MR) is 242 cm³/mol. The minimum atomic E-state index is 0.139. The van der Waals surface area contributed by atoms with Crippen molar-refractivity contribution in [2.24, 2.45) is 28.1 Å². The van der Waals surface area contributed by atoms with Crippen LogP contribution in [0.2, 0.25) is 0 Å². The van der Waals surface area contributed by atoms with E-state index in [0.717, 1.165) is 25.7 Å². The highest BCUT2D eigenvalue weighted by atomic mass is 15.2. The third kappa shape index (κ3) is 7.34. The molecule has 7 aliphatic carbocycles. The molecule has 0 saturated heterocycles. The van der Waals surface area contributed by atoms with Crippen LogP contribution in [0.15, 0.2) is 137 Å². The van der Waals surface area contributed by atoms with Crippen molar-refractivity contribution < 1.29 is 0 Å². The summed E-state index contributed by atoms with van der Waals surface area (Å²) in [5.41, 5.74) is 17.1. The fourth-order valence-electron chi connectivity index (χ4n) is 11.5. The normalized spacial score (nSPS) is 27.7. The van der Waals surface area contributed by atoms with Crippen LogP contribution in [0.4, 0.5) is 5.69 Å². The van der Waals surface area contributed by atoms with Crippen molar-refractivity contribution in [3.8, 4) is 0 Å². The summed E-state index contributed by atoms with van der Waals surface area (Å²) in [5.74, 6) is 0.871. The quantitative estimate of drug-likeness (QED) is 0.290. The summed E-state index contributed by atoms with van der Waals surface area (Å²) in [6.07, 6.45) is 38.5. The molecule has 2 aromatic carbocycles. The summed E-state index contributed by atoms with van der Waals surface area (Å²) in [4.78, 5) is 5.66. The maximum atomic E-state index is 2.87. The highest BCUT2D eigenvalue weighted by Gasteiger charge is 2.47. The van der Waals surface area contributed by atoms with Crippen molar-refractivity contribution in [3.63, 3.8) is 0 Å². The molecule has 9 rings (SSSR count). The van der Waals surface area contributed by atoms with Crippen LogP contribution >= 0.6 is 0 Å². The Labute approximate surface area is 345 Å². The molecule has 298 valence electrons. The average molecular weight is 757 g/mol. The maximum Gasteiger partial charge on any atom is 0.0557 e. The van der Waals surface area contributed by atoms with E-state index < -0.39 is 0 Å². The van der Waals surface area contributed by atoms with Gasteiger partial charge in [0.05, 0.1) is 12.1 Å². The molecule has 2 heteroatoms. The zero-order valence-corrected chi connectivity index (χ0v) is 36.4. The lowest BCUT2D eigenvalue weighted by Gasteiger charge is -2.52. The molecule has 2 aromatic rings. The lowest BCUT2D eigenvalue weighted by atomic mass is 9.57. The molecule has 57 heavy (non-hydrogen) atoms. The summed E-state index contributed by atoms with van der Waals surface area (Å²) in [7, 11) is 0. The minimum Gasteiger partial charge on any atom is -0.361 e. The summed E-state index contributed by atoms with van der Waals surface area (Å²) in [6.45, 7) is 19.2. The Morgan fingerprint density at radius 1 is 0.684 bits per heavy atom. The first kappa shape index (κ1) is 38.5. The van der Waals surface area contributed by atoms with Crippen LogP contribution in [0.3, 0.4) is 0 Å². The van der Waals surface area contributed by atoms with Crippen molar-refractivity contribution in [1.29, 1.82) is 0 Å². The SMILES string of the molecule is CC(C)(C)C1=CCC(N(C2=CC=C3C=C(N(C4C=CC(C(C)(C)C)=CC4)C4CCc5ccccc5C4)C=C4C3C2CCC4(C)C)c2ccc3c(c2)CCCC3)C=C1. The molecule has 0 radical (unpaired) electrons. The number of allylic oxidation sites excluding steroid dienone is 11. The molecule has 0 heterocycles. The van der Waals surface area contributed by atoms with Crippen LogP contribution in [0.1, 0.15) is 123 Å². The summed E-state index contributed by atoms with van der Waals surface area (Å²) in [6, 6.07) is 17.9. The number of anilines is 1. The second-order valence-corrected chi connectivity index (χ2v) is 21.2. The van der Waals surface area contributed by atoms with Gasteiger partial charge in [0.15, 0.2) is 0 Å². The third-order valence-electron chi connectivity index (χ3n) is 14.9. The Balaban J connectivity index is 1.13. The fourth-order valence-corrected chi connectivity index (χ4v) is 11.5.